The second-order valence-corrected chi connectivity index (χ2v) is 7.87. The number of nitrogens with two attached hydrogens (primary N) is 1. The van der Waals surface area contributed by atoms with Gasteiger partial charge in [-0.15, -0.1) is 0 Å². The van der Waals surface area contributed by atoms with Crippen LogP contribution in [0, 0.1) is 34.6 Å². The van der Waals surface area contributed by atoms with Gasteiger partial charge in [0.05, 0.1) is 11.4 Å². The van der Waals surface area contributed by atoms with Gasteiger partial charge in [-0.25, -0.2) is 9.67 Å². The van der Waals surface area contributed by atoms with Crippen LogP contribution in [0.15, 0.2) is 18.2 Å². The number of aromatic nitrogens is 3. The van der Waals surface area contributed by atoms with Crippen molar-refractivity contribution in [3.8, 4) is 5.69 Å². The summed E-state index contributed by atoms with van der Waals surface area (Å²) in [4.78, 5) is 4.89. The van der Waals surface area contributed by atoms with Gasteiger partial charge in [-0.3, -0.25) is 0 Å². The van der Waals surface area contributed by atoms with Crippen LogP contribution in [0.4, 0.5) is 0 Å². The molecule has 1 atom stereocenters. The van der Waals surface area contributed by atoms with Crippen LogP contribution >= 0.6 is 0 Å². The van der Waals surface area contributed by atoms with Crippen LogP contribution in [0.2, 0.25) is 0 Å². The summed E-state index contributed by atoms with van der Waals surface area (Å²) in [5, 5.41) is 6.10. The molecule has 2 heterocycles. The number of unbranched alkanes of at least 4 members (excludes halogenated alkanes) is 1. The molecule has 0 aliphatic carbocycles. The summed E-state index contributed by atoms with van der Waals surface area (Å²) in [6.45, 7) is 13.5. The molecule has 0 amide bonds. The van der Waals surface area contributed by atoms with E-state index in [9.17, 15) is 0 Å². The van der Waals surface area contributed by atoms with Gasteiger partial charge >= 0.3 is 0 Å². The Morgan fingerprint density at radius 3 is 2.30 bits per heavy atom. The number of rotatable bonds is 6. The summed E-state index contributed by atoms with van der Waals surface area (Å²) in [6.07, 6.45) is 3.48. The maximum absolute atomic E-state index is 6.17. The molecule has 0 bridgehead atoms. The minimum absolute atomic E-state index is 0.353. The van der Waals surface area contributed by atoms with Gasteiger partial charge < -0.3 is 5.73 Å². The molecule has 2 aromatic heterocycles. The van der Waals surface area contributed by atoms with E-state index in [1.54, 1.807) is 0 Å². The predicted molar refractivity (Wildman–Crippen MR) is 114 cm³/mol. The number of fused-ring (bicyclic) bond motifs is 1. The Kier molecular flexibility index (Phi) is 5.66. The Hall–Kier alpha value is -2.20. The summed E-state index contributed by atoms with van der Waals surface area (Å²) in [6, 6.07) is 6.64. The van der Waals surface area contributed by atoms with E-state index in [0.717, 1.165) is 29.1 Å². The van der Waals surface area contributed by atoms with Crippen molar-refractivity contribution in [2.75, 3.05) is 6.54 Å². The first-order valence-electron chi connectivity index (χ1n) is 10.0. The third-order valence-electron chi connectivity index (χ3n) is 5.45. The number of nitrogens with zero attached hydrogens (tertiary/aromatic N) is 3. The van der Waals surface area contributed by atoms with Crippen molar-refractivity contribution in [1.82, 2.24) is 14.8 Å². The van der Waals surface area contributed by atoms with Crippen molar-refractivity contribution < 1.29 is 0 Å². The lowest BCUT2D eigenvalue weighted by atomic mass is 9.91. The summed E-state index contributed by atoms with van der Waals surface area (Å²) in [5.41, 5.74) is 15.3. The van der Waals surface area contributed by atoms with Crippen LogP contribution in [-0.2, 0) is 0 Å². The molecule has 0 radical (unpaired) electrons. The van der Waals surface area contributed by atoms with Crippen LogP contribution in [0.5, 0.6) is 0 Å². The van der Waals surface area contributed by atoms with E-state index in [1.807, 2.05) is 4.68 Å². The highest BCUT2D eigenvalue weighted by Gasteiger charge is 2.21. The fourth-order valence-corrected chi connectivity index (χ4v) is 4.29. The Balaban J connectivity index is 2.27. The molecule has 1 aromatic carbocycles. The van der Waals surface area contributed by atoms with Crippen molar-refractivity contribution in [2.45, 2.75) is 66.7 Å². The number of pyridine rings is 1. The summed E-state index contributed by atoms with van der Waals surface area (Å²) >= 11 is 0. The smallest absolute Gasteiger partial charge is 0.163 e. The molecule has 3 rings (SSSR count). The normalized spacial score (nSPS) is 12.7. The van der Waals surface area contributed by atoms with E-state index in [-0.39, 0.29) is 0 Å². The zero-order valence-corrected chi connectivity index (χ0v) is 17.6. The quantitative estimate of drug-likeness (QED) is 0.654. The molecule has 0 aliphatic heterocycles. The van der Waals surface area contributed by atoms with E-state index in [0.29, 0.717) is 12.5 Å². The van der Waals surface area contributed by atoms with Gasteiger partial charge in [-0.2, -0.15) is 5.10 Å². The average molecular weight is 365 g/mol. The van der Waals surface area contributed by atoms with Crippen LogP contribution in [0.1, 0.15) is 65.7 Å². The van der Waals surface area contributed by atoms with Gasteiger partial charge in [-0.05, 0) is 76.3 Å². The van der Waals surface area contributed by atoms with E-state index in [1.165, 1.54) is 40.5 Å². The topological polar surface area (TPSA) is 56.7 Å². The lowest BCUT2D eigenvalue weighted by Crippen LogP contribution is -2.14. The van der Waals surface area contributed by atoms with Crippen molar-refractivity contribution in [2.24, 2.45) is 5.73 Å². The van der Waals surface area contributed by atoms with Crippen LogP contribution < -0.4 is 5.73 Å². The molecule has 144 valence electrons. The Morgan fingerprint density at radius 1 is 1.04 bits per heavy atom. The molecule has 1 unspecified atom stereocenters. The summed E-state index contributed by atoms with van der Waals surface area (Å²) < 4.78 is 2.04. The van der Waals surface area contributed by atoms with Crippen molar-refractivity contribution in [3.63, 3.8) is 0 Å². The maximum Gasteiger partial charge on any atom is 0.163 e. The summed E-state index contributed by atoms with van der Waals surface area (Å²) in [5.74, 6) is 0.353. The van der Waals surface area contributed by atoms with E-state index in [4.69, 9.17) is 15.8 Å². The number of hydrogen-bond donors (Lipinski definition) is 1. The Morgan fingerprint density at radius 2 is 1.70 bits per heavy atom. The fraction of sp³-hybridized carbons (Fsp3) is 0.478. The third-order valence-corrected chi connectivity index (χ3v) is 5.45. The Bertz CT molecular complexity index is 945. The van der Waals surface area contributed by atoms with Gasteiger partial charge in [0.25, 0.3) is 0 Å². The molecule has 2 N–H and O–H groups in total. The van der Waals surface area contributed by atoms with E-state index >= 15 is 0 Å². The van der Waals surface area contributed by atoms with E-state index < -0.39 is 0 Å². The first kappa shape index (κ1) is 19.6. The zero-order valence-electron chi connectivity index (χ0n) is 17.6. The average Bonchev–Trinajstić information content (AvgIpc) is 2.91. The number of hydrogen-bond acceptors (Lipinski definition) is 3. The molecule has 0 spiro atoms. The number of benzene rings is 1. The molecule has 4 nitrogen and oxygen atoms in total. The molecule has 0 fully saturated rings. The van der Waals surface area contributed by atoms with Gasteiger partial charge in [0.2, 0.25) is 0 Å². The maximum atomic E-state index is 6.17. The largest absolute Gasteiger partial charge is 0.330 e. The molecule has 0 aliphatic rings. The molecule has 0 saturated carbocycles. The standard InChI is InChI=1S/C23H32N4/c1-7-8-9-19(13-24)20-12-17(5)25-23-21(20)18(6)26-27(23)22-15(3)10-14(2)11-16(22)4/h10-12,19H,7-9,13,24H2,1-6H3. The minimum atomic E-state index is 0.353. The zero-order chi connectivity index (χ0) is 19.7. The van der Waals surface area contributed by atoms with Gasteiger partial charge in [-0.1, -0.05) is 37.5 Å². The number of aryl methyl sites for hydroxylation is 5. The van der Waals surface area contributed by atoms with Crippen molar-refractivity contribution >= 4 is 11.0 Å². The minimum Gasteiger partial charge on any atom is -0.330 e. The van der Waals surface area contributed by atoms with Gasteiger partial charge in [0.15, 0.2) is 5.65 Å². The second kappa shape index (κ2) is 7.81. The molecular formula is C23H32N4. The first-order valence-corrected chi connectivity index (χ1v) is 10.0. The molecule has 0 saturated heterocycles. The SMILES string of the molecule is CCCCC(CN)c1cc(C)nc2c1c(C)nn2-c1c(C)cc(C)cc1C. The first-order chi connectivity index (χ1) is 12.9. The highest BCUT2D eigenvalue weighted by molar-refractivity contribution is 5.85. The van der Waals surface area contributed by atoms with Crippen LogP contribution in [0.25, 0.3) is 16.7 Å². The van der Waals surface area contributed by atoms with E-state index in [2.05, 4.69) is 59.7 Å². The Labute approximate surface area is 162 Å². The third kappa shape index (κ3) is 3.63. The molecular weight excluding hydrogens is 332 g/mol. The molecule has 4 heteroatoms. The molecule has 3 aromatic rings. The highest BCUT2D eigenvalue weighted by atomic mass is 15.3. The van der Waals surface area contributed by atoms with Crippen LogP contribution in [0.3, 0.4) is 0 Å². The molecule has 27 heavy (non-hydrogen) atoms. The van der Waals surface area contributed by atoms with Crippen molar-refractivity contribution in [1.29, 1.82) is 0 Å². The monoisotopic (exact) mass is 364 g/mol. The predicted octanol–water partition coefficient (Wildman–Crippen LogP) is 5.20. The van der Waals surface area contributed by atoms with Crippen molar-refractivity contribution in [3.05, 3.63) is 51.8 Å². The van der Waals surface area contributed by atoms with Crippen LogP contribution in [-0.4, -0.2) is 21.3 Å². The summed E-state index contributed by atoms with van der Waals surface area (Å²) in [7, 11) is 0. The lowest BCUT2D eigenvalue weighted by molar-refractivity contribution is 0.594. The van der Waals surface area contributed by atoms with Gasteiger partial charge in [0.1, 0.15) is 0 Å². The second-order valence-electron chi connectivity index (χ2n) is 7.87. The van der Waals surface area contributed by atoms with Gasteiger partial charge in [0, 0.05) is 11.1 Å². The highest BCUT2D eigenvalue weighted by Crippen LogP contribution is 2.33. The lowest BCUT2D eigenvalue weighted by Gasteiger charge is -2.17. The fourth-order valence-electron chi connectivity index (χ4n) is 4.29.